The van der Waals surface area contributed by atoms with E-state index < -0.39 is 12.2 Å². The van der Waals surface area contributed by atoms with Crippen LogP contribution in [0.1, 0.15) is 111 Å². The van der Waals surface area contributed by atoms with E-state index in [2.05, 4.69) is 25.7 Å². The maximum absolute atomic E-state index is 10.4. The third-order valence-electron chi connectivity index (χ3n) is 5.67. The lowest BCUT2D eigenvalue weighted by Gasteiger charge is -2.27. The lowest BCUT2D eigenvalue weighted by Crippen LogP contribution is -2.41. The van der Waals surface area contributed by atoms with Gasteiger partial charge in [-0.2, -0.15) is 0 Å². The fourth-order valence-electron chi connectivity index (χ4n) is 3.71. The second-order valence-electron chi connectivity index (χ2n) is 9.11. The van der Waals surface area contributed by atoms with Crippen molar-refractivity contribution in [1.82, 2.24) is 4.90 Å². The van der Waals surface area contributed by atoms with Gasteiger partial charge < -0.3 is 19.7 Å². The monoisotopic (exact) mass is 445 g/mol. The van der Waals surface area contributed by atoms with Gasteiger partial charge in [-0.15, -0.1) is 0 Å². The smallest absolute Gasteiger partial charge is 0.0900 e. The molecule has 0 amide bonds. The number of nitrogens with zero attached hydrogens (tertiary/aromatic N) is 1. The summed E-state index contributed by atoms with van der Waals surface area (Å²) in [6, 6.07) is 0. The Morgan fingerprint density at radius 1 is 0.548 bits per heavy atom. The molecule has 0 aliphatic rings. The van der Waals surface area contributed by atoms with Crippen LogP contribution < -0.4 is 0 Å². The minimum absolute atomic E-state index is 0.373. The fraction of sp³-hybridized carbons (Fsp3) is 1.00. The molecule has 0 saturated carbocycles. The Balaban J connectivity index is 4.10. The van der Waals surface area contributed by atoms with Crippen LogP contribution in [0, 0.1) is 0 Å². The molecule has 188 valence electrons. The summed E-state index contributed by atoms with van der Waals surface area (Å²) >= 11 is 0. The van der Waals surface area contributed by atoms with Gasteiger partial charge in [-0.3, -0.25) is 4.90 Å². The van der Waals surface area contributed by atoms with Crippen molar-refractivity contribution >= 4 is 0 Å². The molecule has 0 aromatic rings. The molecule has 0 radical (unpaired) electrons. The highest BCUT2D eigenvalue weighted by molar-refractivity contribution is 4.69. The largest absolute Gasteiger partial charge is 0.389 e. The van der Waals surface area contributed by atoms with Crippen LogP contribution in [-0.4, -0.2) is 73.4 Å². The molecule has 2 unspecified atom stereocenters. The molecule has 2 N–H and O–H groups in total. The quantitative estimate of drug-likeness (QED) is 0.180. The summed E-state index contributed by atoms with van der Waals surface area (Å²) in [5.41, 5.74) is 0. The first-order valence-corrected chi connectivity index (χ1v) is 13.4. The predicted molar refractivity (Wildman–Crippen MR) is 132 cm³/mol. The fourth-order valence-corrected chi connectivity index (χ4v) is 3.71. The zero-order valence-corrected chi connectivity index (χ0v) is 21.2. The SMILES string of the molecule is CCCCCCCCCCCCN(CC(O)COCCCC)CC(O)COCCCC. The van der Waals surface area contributed by atoms with Crippen LogP contribution in [0.25, 0.3) is 0 Å². The average molecular weight is 446 g/mol. The van der Waals surface area contributed by atoms with E-state index in [0.717, 1.165) is 38.6 Å². The van der Waals surface area contributed by atoms with Crippen LogP contribution in [0.5, 0.6) is 0 Å². The Morgan fingerprint density at radius 2 is 0.935 bits per heavy atom. The molecule has 0 spiro atoms. The maximum Gasteiger partial charge on any atom is 0.0900 e. The lowest BCUT2D eigenvalue weighted by atomic mass is 10.1. The summed E-state index contributed by atoms with van der Waals surface area (Å²) in [4.78, 5) is 2.19. The van der Waals surface area contributed by atoms with E-state index in [4.69, 9.17) is 9.47 Å². The summed E-state index contributed by atoms with van der Waals surface area (Å²) in [5, 5.41) is 20.7. The van der Waals surface area contributed by atoms with Gasteiger partial charge in [0.25, 0.3) is 0 Å². The zero-order chi connectivity index (χ0) is 23.0. The molecule has 5 heteroatoms. The normalized spacial score (nSPS) is 13.7. The molecule has 0 bridgehead atoms. The lowest BCUT2D eigenvalue weighted by molar-refractivity contribution is -0.0110. The first-order valence-electron chi connectivity index (χ1n) is 13.4. The standard InChI is InChI=1S/C26H55NO4/c1-4-7-10-11-12-13-14-15-16-17-18-27(21-25(28)23-30-19-8-5-2)22-26(29)24-31-20-9-6-3/h25-26,28-29H,4-24H2,1-3H3. The number of unbranched alkanes of at least 4 members (excludes halogenated alkanes) is 11. The van der Waals surface area contributed by atoms with Crippen LogP contribution in [0.3, 0.4) is 0 Å². The van der Waals surface area contributed by atoms with Gasteiger partial charge >= 0.3 is 0 Å². The molecule has 0 fully saturated rings. The van der Waals surface area contributed by atoms with Crippen LogP contribution >= 0.6 is 0 Å². The number of aliphatic hydroxyl groups is 2. The third-order valence-corrected chi connectivity index (χ3v) is 5.67. The first kappa shape index (κ1) is 30.8. The minimum Gasteiger partial charge on any atom is -0.389 e. The van der Waals surface area contributed by atoms with Gasteiger partial charge in [0.15, 0.2) is 0 Å². The van der Waals surface area contributed by atoms with Crippen LogP contribution in [0.2, 0.25) is 0 Å². The second kappa shape index (κ2) is 24.4. The van der Waals surface area contributed by atoms with Gasteiger partial charge in [-0.25, -0.2) is 0 Å². The molecule has 0 rings (SSSR count). The molecule has 5 nitrogen and oxygen atoms in total. The second-order valence-corrected chi connectivity index (χ2v) is 9.11. The molecule has 0 aliphatic heterocycles. The predicted octanol–water partition coefficient (Wildman–Crippen LogP) is 5.56. The van der Waals surface area contributed by atoms with Crippen molar-refractivity contribution in [2.24, 2.45) is 0 Å². The number of hydrogen-bond acceptors (Lipinski definition) is 5. The van der Waals surface area contributed by atoms with E-state index in [-0.39, 0.29) is 0 Å². The van der Waals surface area contributed by atoms with E-state index in [1.807, 2.05) is 0 Å². The number of aliphatic hydroxyl groups excluding tert-OH is 2. The van der Waals surface area contributed by atoms with Crippen molar-refractivity contribution in [3.63, 3.8) is 0 Å². The molecular formula is C26H55NO4. The Hall–Kier alpha value is -0.200. The van der Waals surface area contributed by atoms with Crippen molar-refractivity contribution < 1.29 is 19.7 Å². The average Bonchev–Trinajstić information content (AvgIpc) is 2.75. The molecule has 0 aliphatic carbocycles. The van der Waals surface area contributed by atoms with Gasteiger partial charge in [0.2, 0.25) is 0 Å². The summed E-state index contributed by atoms with van der Waals surface area (Å²) in [5.74, 6) is 0. The Bertz CT molecular complexity index is 323. The maximum atomic E-state index is 10.4. The van der Waals surface area contributed by atoms with Crippen molar-refractivity contribution in [2.75, 3.05) is 46.1 Å². The van der Waals surface area contributed by atoms with Crippen LogP contribution in [-0.2, 0) is 9.47 Å². The Morgan fingerprint density at radius 3 is 1.35 bits per heavy atom. The van der Waals surface area contributed by atoms with Gasteiger partial charge in [0.05, 0.1) is 25.4 Å². The van der Waals surface area contributed by atoms with Crippen molar-refractivity contribution in [3.8, 4) is 0 Å². The summed E-state index contributed by atoms with van der Waals surface area (Å²) in [6.45, 7) is 10.7. The van der Waals surface area contributed by atoms with E-state index in [1.54, 1.807) is 0 Å². The van der Waals surface area contributed by atoms with E-state index in [0.29, 0.717) is 39.5 Å². The van der Waals surface area contributed by atoms with Gasteiger partial charge in [0.1, 0.15) is 0 Å². The topological polar surface area (TPSA) is 62.2 Å². The Labute approximate surface area is 193 Å². The highest BCUT2D eigenvalue weighted by Crippen LogP contribution is 2.11. The summed E-state index contributed by atoms with van der Waals surface area (Å²) in [6.07, 6.45) is 16.4. The van der Waals surface area contributed by atoms with E-state index in [9.17, 15) is 10.2 Å². The molecule has 2 atom stereocenters. The van der Waals surface area contributed by atoms with E-state index >= 15 is 0 Å². The first-order chi connectivity index (χ1) is 15.1. The molecule has 0 heterocycles. The van der Waals surface area contributed by atoms with Gasteiger partial charge in [-0.05, 0) is 25.8 Å². The molecule has 31 heavy (non-hydrogen) atoms. The highest BCUT2D eigenvalue weighted by Gasteiger charge is 2.16. The van der Waals surface area contributed by atoms with Crippen molar-refractivity contribution in [2.45, 2.75) is 123 Å². The van der Waals surface area contributed by atoms with Gasteiger partial charge in [-0.1, -0.05) is 91.4 Å². The van der Waals surface area contributed by atoms with Crippen molar-refractivity contribution in [3.05, 3.63) is 0 Å². The molecular weight excluding hydrogens is 390 g/mol. The minimum atomic E-state index is -0.506. The Kier molecular flexibility index (Phi) is 24.3. The number of hydrogen-bond donors (Lipinski definition) is 2. The molecule has 0 aromatic heterocycles. The number of rotatable bonds is 25. The zero-order valence-electron chi connectivity index (χ0n) is 21.2. The third kappa shape index (κ3) is 22.8. The van der Waals surface area contributed by atoms with Gasteiger partial charge in [0, 0.05) is 26.3 Å². The summed E-state index contributed by atoms with van der Waals surface area (Å²) in [7, 11) is 0. The molecule has 0 aromatic carbocycles. The van der Waals surface area contributed by atoms with Crippen LogP contribution in [0.15, 0.2) is 0 Å². The number of ether oxygens (including phenoxy) is 2. The van der Waals surface area contributed by atoms with Crippen molar-refractivity contribution in [1.29, 1.82) is 0 Å². The van der Waals surface area contributed by atoms with E-state index in [1.165, 1.54) is 57.8 Å². The van der Waals surface area contributed by atoms with Crippen LogP contribution in [0.4, 0.5) is 0 Å². The summed E-state index contributed by atoms with van der Waals surface area (Å²) < 4.78 is 11.1. The molecule has 0 saturated heterocycles. The highest BCUT2D eigenvalue weighted by atomic mass is 16.5.